The van der Waals surface area contributed by atoms with Crippen molar-refractivity contribution in [2.24, 2.45) is 0 Å². The van der Waals surface area contributed by atoms with E-state index < -0.39 is 0 Å². The van der Waals surface area contributed by atoms with E-state index in [1.807, 2.05) is 24.3 Å². The van der Waals surface area contributed by atoms with Crippen molar-refractivity contribution in [3.8, 4) is 5.75 Å². The number of hydrogen-bond acceptors (Lipinski definition) is 5. The Morgan fingerprint density at radius 2 is 1.67 bits per heavy atom. The molecule has 0 saturated carbocycles. The first-order valence-electron chi connectivity index (χ1n) is 6.06. The molecule has 3 rings (SSSR count). The molecule has 2 N–H and O–H groups in total. The van der Waals surface area contributed by atoms with Crippen molar-refractivity contribution in [1.82, 2.24) is 0 Å². The fraction of sp³-hybridized carbons (Fsp3) is 0.538. The molecule has 0 spiro atoms. The van der Waals surface area contributed by atoms with Gasteiger partial charge in [0.15, 0.2) is 6.10 Å². The average Bonchev–Trinajstić information content (AvgIpc) is 2.95. The van der Waals surface area contributed by atoms with Gasteiger partial charge in [-0.3, -0.25) is 0 Å². The molecule has 2 fully saturated rings. The lowest BCUT2D eigenvalue weighted by Crippen LogP contribution is -2.35. The van der Waals surface area contributed by atoms with Gasteiger partial charge in [-0.1, -0.05) is 0 Å². The van der Waals surface area contributed by atoms with Gasteiger partial charge in [-0.05, 0) is 24.3 Å². The highest BCUT2D eigenvalue weighted by molar-refractivity contribution is 5.41. The monoisotopic (exact) mass is 251 g/mol. The van der Waals surface area contributed by atoms with E-state index in [-0.39, 0.29) is 24.4 Å². The number of methoxy groups -OCH3 is 1. The quantitative estimate of drug-likeness (QED) is 0.806. The highest BCUT2D eigenvalue weighted by Gasteiger charge is 2.49. The molecule has 18 heavy (non-hydrogen) atoms. The van der Waals surface area contributed by atoms with Gasteiger partial charge in [-0.2, -0.15) is 0 Å². The molecule has 1 aromatic carbocycles. The number of anilines is 1. The smallest absolute Gasteiger partial charge is 0.151 e. The van der Waals surface area contributed by atoms with Gasteiger partial charge in [0, 0.05) is 12.8 Å². The van der Waals surface area contributed by atoms with Crippen LogP contribution in [0.3, 0.4) is 0 Å². The minimum Gasteiger partial charge on any atom is -0.485 e. The lowest BCUT2D eigenvalue weighted by molar-refractivity contribution is -0.0138. The zero-order valence-electron chi connectivity index (χ0n) is 10.2. The van der Waals surface area contributed by atoms with Crippen LogP contribution >= 0.6 is 0 Å². The standard InChI is InChI=1S/C13H17NO4/c1-15-10-6-16-13-11(7-17-12(10)13)18-9-4-2-8(14)3-5-9/h2-5,10-13H,6-7,14H2,1H3/t10-,11-,12-,13-/m1/s1. The summed E-state index contributed by atoms with van der Waals surface area (Å²) in [7, 11) is 1.67. The summed E-state index contributed by atoms with van der Waals surface area (Å²) in [4.78, 5) is 0. The van der Waals surface area contributed by atoms with Gasteiger partial charge < -0.3 is 24.7 Å². The van der Waals surface area contributed by atoms with Gasteiger partial charge >= 0.3 is 0 Å². The first kappa shape index (κ1) is 11.8. The van der Waals surface area contributed by atoms with Crippen molar-refractivity contribution in [2.45, 2.75) is 24.4 Å². The van der Waals surface area contributed by atoms with Crippen LogP contribution in [0.1, 0.15) is 0 Å². The summed E-state index contributed by atoms with van der Waals surface area (Å²) in [5, 5.41) is 0. The minimum absolute atomic E-state index is 0.00928. The molecule has 0 aliphatic carbocycles. The molecule has 4 atom stereocenters. The van der Waals surface area contributed by atoms with Crippen LogP contribution in [0.2, 0.25) is 0 Å². The molecule has 1 aromatic rings. The maximum Gasteiger partial charge on any atom is 0.151 e. The number of fused-ring (bicyclic) bond motifs is 1. The van der Waals surface area contributed by atoms with E-state index in [0.29, 0.717) is 13.2 Å². The zero-order chi connectivity index (χ0) is 12.5. The van der Waals surface area contributed by atoms with E-state index in [1.165, 1.54) is 0 Å². The van der Waals surface area contributed by atoms with Crippen molar-refractivity contribution in [2.75, 3.05) is 26.1 Å². The topological polar surface area (TPSA) is 62.9 Å². The maximum atomic E-state index is 5.88. The van der Waals surface area contributed by atoms with Crippen LogP contribution in [0.25, 0.3) is 0 Å². The number of hydrogen-bond donors (Lipinski definition) is 1. The Kier molecular flexibility index (Phi) is 3.11. The van der Waals surface area contributed by atoms with Gasteiger partial charge in [-0.25, -0.2) is 0 Å². The molecule has 0 amide bonds. The van der Waals surface area contributed by atoms with E-state index in [1.54, 1.807) is 7.11 Å². The third kappa shape index (κ3) is 2.05. The van der Waals surface area contributed by atoms with Crippen molar-refractivity contribution in [3.63, 3.8) is 0 Å². The molecule has 5 heteroatoms. The van der Waals surface area contributed by atoms with E-state index in [4.69, 9.17) is 24.7 Å². The second-order valence-electron chi connectivity index (χ2n) is 4.60. The lowest BCUT2D eigenvalue weighted by atomic mass is 10.1. The highest BCUT2D eigenvalue weighted by atomic mass is 16.6. The van der Waals surface area contributed by atoms with E-state index in [9.17, 15) is 0 Å². The normalized spacial score (nSPS) is 34.5. The molecule has 0 bridgehead atoms. The fourth-order valence-corrected chi connectivity index (χ4v) is 2.45. The fourth-order valence-electron chi connectivity index (χ4n) is 2.45. The van der Waals surface area contributed by atoms with Gasteiger partial charge in [-0.15, -0.1) is 0 Å². The van der Waals surface area contributed by atoms with Crippen LogP contribution in [0.4, 0.5) is 5.69 Å². The molecule has 2 heterocycles. The molecule has 0 radical (unpaired) electrons. The van der Waals surface area contributed by atoms with Crippen LogP contribution in [0.5, 0.6) is 5.75 Å². The van der Waals surface area contributed by atoms with E-state index in [2.05, 4.69) is 0 Å². The largest absolute Gasteiger partial charge is 0.485 e. The van der Waals surface area contributed by atoms with Crippen LogP contribution in [0.15, 0.2) is 24.3 Å². The molecule has 0 unspecified atom stereocenters. The predicted molar refractivity (Wildman–Crippen MR) is 65.5 cm³/mol. The summed E-state index contributed by atoms with van der Waals surface area (Å²) in [6.45, 7) is 1.09. The number of benzene rings is 1. The van der Waals surface area contributed by atoms with E-state index in [0.717, 1.165) is 11.4 Å². The van der Waals surface area contributed by atoms with Gasteiger partial charge in [0.05, 0.1) is 13.2 Å². The van der Waals surface area contributed by atoms with Crippen LogP contribution in [0, 0.1) is 0 Å². The first-order valence-corrected chi connectivity index (χ1v) is 6.06. The van der Waals surface area contributed by atoms with Crippen molar-refractivity contribution >= 4 is 5.69 Å². The van der Waals surface area contributed by atoms with E-state index >= 15 is 0 Å². The second kappa shape index (κ2) is 4.76. The van der Waals surface area contributed by atoms with Crippen LogP contribution in [-0.2, 0) is 14.2 Å². The Balaban J connectivity index is 1.66. The van der Waals surface area contributed by atoms with Gasteiger partial charge in [0.2, 0.25) is 0 Å². The summed E-state index contributed by atoms with van der Waals surface area (Å²) in [6.07, 6.45) is -0.143. The van der Waals surface area contributed by atoms with Gasteiger partial charge in [0.25, 0.3) is 0 Å². The molecule has 2 aliphatic heterocycles. The highest BCUT2D eigenvalue weighted by Crippen LogP contribution is 2.31. The first-order chi connectivity index (χ1) is 8.78. The molecule has 5 nitrogen and oxygen atoms in total. The zero-order valence-corrected chi connectivity index (χ0v) is 10.2. The Bertz CT molecular complexity index is 408. The Morgan fingerprint density at radius 1 is 1.06 bits per heavy atom. The lowest BCUT2D eigenvalue weighted by Gasteiger charge is -2.18. The molecular formula is C13H17NO4. The Morgan fingerprint density at radius 3 is 2.33 bits per heavy atom. The van der Waals surface area contributed by atoms with Gasteiger partial charge in [0.1, 0.15) is 24.1 Å². The Labute approximate surface area is 106 Å². The third-order valence-electron chi connectivity index (χ3n) is 3.43. The van der Waals surface area contributed by atoms with Crippen molar-refractivity contribution in [1.29, 1.82) is 0 Å². The predicted octanol–water partition coefficient (Wildman–Crippen LogP) is 0.829. The SMILES string of the molecule is CO[C@@H]1CO[C@H]2[C@@H]1OC[C@H]2Oc1ccc(N)cc1. The average molecular weight is 251 g/mol. The Hall–Kier alpha value is -1.30. The van der Waals surface area contributed by atoms with Crippen LogP contribution in [-0.4, -0.2) is 44.7 Å². The molecule has 98 valence electrons. The minimum atomic E-state index is -0.0845. The number of nitrogens with two attached hydrogens (primary N) is 1. The second-order valence-corrected chi connectivity index (χ2v) is 4.60. The summed E-state index contributed by atoms with van der Waals surface area (Å²) in [5.41, 5.74) is 6.36. The number of nitrogen functional groups attached to an aromatic ring is 1. The number of rotatable bonds is 3. The summed E-state index contributed by atoms with van der Waals surface area (Å²) in [5.74, 6) is 0.780. The summed E-state index contributed by atoms with van der Waals surface area (Å²) >= 11 is 0. The van der Waals surface area contributed by atoms with Crippen molar-refractivity contribution in [3.05, 3.63) is 24.3 Å². The molecule has 0 aromatic heterocycles. The molecular weight excluding hydrogens is 234 g/mol. The molecule has 2 saturated heterocycles. The van der Waals surface area contributed by atoms with Crippen LogP contribution < -0.4 is 10.5 Å². The maximum absolute atomic E-state index is 5.88. The molecule has 2 aliphatic rings. The summed E-state index contributed by atoms with van der Waals surface area (Å²) in [6, 6.07) is 7.34. The summed E-state index contributed by atoms with van der Waals surface area (Å²) < 4.78 is 22.6. The number of ether oxygens (including phenoxy) is 4. The third-order valence-corrected chi connectivity index (χ3v) is 3.43. The van der Waals surface area contributed by atoms with Crippen molar-refractivity contribution < 1.29 is 18.9 Å².